The molecule has 1 heterocycles. The molecule has 0 atom stereocenters. The first-order valence-corrected chi connectivity index (χ1v) is 5.95. The van der Waals surface area contributed by atoms with Gasteiger partial charge in [0.05, 0.1) is 5.56 Å². The van der Waals surface area contributed by atoms with Gasteiger partial charge >= 0.3 is 6.18 Å². The summed E-state index contributed by atoms with van der Waals surface area (Å²) in [5.41, 5.74) is -1.14. The highest BCUT2D eigenvalue weighted by Gasteiger charge is 2.32. The molecule has 1 aromatic heterocycles. The lowest BCUT2D eigenvalue weighted by Gasteiger charge is -2.12. The summed E-state index contributed by atoms with van der Waals surface area (Å²) in [7, 11) is 0. The average Bonchev–Trinajstić information content (AvgIpc) is 2.39. The fraction of sp³-hybridized carbons (Fsp3) is 0.143. The van der Waals surface area contributed by atoms with Crippen molar-refractivity contribution in [3.8, 4) is 0 Å². The van der Waals surface area contributed by atoms with Crippen molar-refractivity contribution in [3.05, 3.63) is 63.6 Å². The van der Waals surface area contributed by atoms with Crippen LogP contribution in [-0.2, 0) is 6.18 Å². The van der Waals surface area contributed by atoms with E-state index >= 15 is 0 Å². The summed E-state index contributed by atoms with van der Waals surface area (Å²) in [5, 5.41) is 2.33. The number of halogens is 3. The molecule has 2 aromatic rings. The number of hydrogen-bond acceptors (Lipinski definition) is 2. The Kier molecular flexibility index (Phi) is 3.84. The molecule has 0 unspecified atom stereocenters. The number of carbonyl (C=O) groups is 1. The molecule has 0 fully saturated rings. The number of rotatable bonds is 2. The molecule has 1 aromatic carbocycles. The monoisotopic (exact) mass is 296 g/mol. The van der Waals surface area contributed by atoms with E-state index in [1.807, 2.05) is 0 Å². The van der Waals surface area contributed by atoms with Crippen LogP contribution < -0.4 is 10.9 Å². The summed E-state index contributed by atoms with van der Waals surface area (Å²) in [6.45, 7) is 1.34. The van der Waals surface area contributed by atoms with Gasteiger partial charge in [0.1, 0.15) is 0 Å². The van der Waals surface area contributed by atoms with Crippen LogP contribution in [0.2, 0.25) is 0 Å². The Labute approximate surface area is 117 Å². The topological polar surface area (TPSA) is 62.0 Å². The number of aryl methyl sites for hydroxylation is 1. The maximum absolute atomic E-state index is 12.8. The molecule has 0 aliphatic rings. The predicted molar refractivity (Wildman–Crippen MR) is 71.2 cm³/mol. The fourth-order valence-electron chi connectivity index (χ4n) is 1.79. The number of nitrogens with one attached hydrogen (secondary N) is 2. The van der Waals surface area contributed by atoms with Gasteiger partial charge in [-0.15, -0.1) is 0 Å². The molecule has 0 aliphatic heterocycles. The van der Waals surface area contributed by atoms with Gasteiger partial charge in [-0.2, -0.15) is 13.2 Å². The second-order valence-electron chi connectivity index (χ2n) is 4.42. The Hall–Kier alpha value is -2.57. The van der Waals surface area contributed by atoms with Gasteiger partial charge in [0, 0.05) is 23.5 Å². The molecule has 1 amide bonds. The molecule has 0 saturated carbocycles. The van der Waals surface area contributed by atoms with Crippen molar-refractivity contribution in [1.82, 2.24) is 4.98 Å². The normalized spacial score (nSPS) is 11.2. The van der Waals surface area contributed by atoms with Gasteiger partial charge < -0.3 is 10.3 Å². The lowest BCUT2D eigenvalue weighted by Crippen LogP contribution is -2.16. The fourth-order valence-corrected chi connectivity index (χ4v) is 1.79. The number of aromatic amines is 1. The average molecular weight is 296 g/mol. The summed E-state index contributed by atoms with van der Waals surface area (Å²) in [4.78, 5) is 25.3. The first-order chi connectivity index (χ1) is 9.77. The van der Waals surface area contributed by atoms with E-state index in [9.17, 15) is 22.8 Å². The van der Waals surface area contributed by atoms with E-state index in [0.29, 0.717) is 0 Å². The number of alkyl halides is 3. The number of amides is 1. The lowest BCUT2D eigenvalue weighted by molar-refractivity contribution is -0.138. The zero-order chi connectivity index (χ0) is 15.6. The van der Waals surface area contributed by atoms with E-state index in [1.165, 1.54) is 31.3 Å². The minimum atomic E-state index is -4.49. The Bertz CT molecular complexity index is 735. The summed E-state index contributed by atoms with van der Waals surface area (Å²) in [5.74, 6) is -0.655. The number of benzene rings is 1. The number of anilines is 1. The molecule has 0 bridgehead atoms. The minimum Gasteiger partial charge on any atom is -0.329 e. The van der Waals surface area contributed by atoms with Gasteiger partial charge in [-0.3, -0.25) is 9.59 Å². The van der Waals surface area contributed by atoms with Crippen molar-refractivity contribution >= 4 is 11.6 Å². The molecule has 110 valence electrons. The molecular weight excluding hydrogens is 285 g/mol. The maximum Gasteiger partial charge on any atom is 0.416 e. The Balaban J connectivity index is 2.28. The van der Waals surface area contributed by atoms with Crippen LogP contribution in [0.25, 0.3) is 0 Å². The van der Waals surface area contributed by atoms with Gasteiger partial charge in [-0.05, 0) is 30.7 Å². The minimum absolute atomic E-state index is 0.0122. The lowest BCUT2D eigenvalue weighted by atomic mass is 10.1. The second kappa shape index (κ2) is 5.43. The largest absolute Gasteiger partial charge is 0.416 e. The van der Waals surface area contributed by atoms with Gasteiger partial charge in [0.15, 0.2) is 0 Å². The van der Waals surface area contributed by atoms with Crippen LogP contribution in [0.4, 0.5) is 18.9 Å². The van der Waals surface area contributed by atoms with E-state index in [0.717, 1.165) is 12.1 Å². The van der Waals surface area contributed by atoms with Crippen molar-refractivity contribution in [1.29, 1.82) is 0 Å². The summed E-state index contributed by atoms with van der Waals surface area (Å²) in [6.07, 6.45) is -3.21. The van der Waals surface area contributed by atoms with Crippen molar-refractivity contribution in [2.24, 2.45) is 0 Å². The second-order valence-corrected chi connectivity index (χ2v) is 4.42. The number of aromatic nitrogens is 1. The number of pyridine rings is 1. The highest BCUT2D eigenvalue weighted by Crippen LogP contribution is 2.33. The highest BCUT2D eigenvalue weighted by molar-refractivity contribution is 6.04. The Morgan fingerprint density at radius 2 is 1.90 bits per heavy atom. The van der Waals surface area contributed by atoms with Crippen LogP contribution in [0.15, 0.2) is 41.3 Å². The molecule has 0 aliphatic carbocycles. The van der Waals surface area contributed by atoms with Crippen LogP contribution in [-0.4, -0.2) is 10.9 Å². The van der Waals surface area contributed by atoms with Crippen molar-refractivity contribution in [3.63, 3.8) is 0 Å². The van der Waals surface area contributed by atoms with Crippen molar-refractivity contribution in [2.75, 3.05) is 5.32 Å². The summed E-state index contributed by atoms with van der Waals surface area (Å²) < 4.78 is 38.4. The molecule has 0 spiro atoms. The third-order valence-electron chi connectivity index (χ3n) is 2.84. The number of hydrogen-bond donors (Lipinski definition) is 2. The highest BCUT2D eigenvalue weighted by atomic mass is 19.4. The summed E-state index contributed by atoms with van der Waals surface area (Å²) in [6, 6.07) is 5.93. The first-order valence-electron chi connectivity index (χ1n) is 5.95. The van der Waals surface area contributed by atoms with E-state index in [1.54, 1.807) is 0 Å². The maximum atomic E-state index is 12.8. The molecule has 0 radical (unpaired) electrons. The van der Waals surface area contributed by atoms with Gasteiger partial charge in [-0.25, -0.2) is 0 Å². The van der Waals surface area contributed by atoms with Crippen LogP contribution in [0, 0.1) is 6.92 Å². The SMILES string of the molecule is Cc1ccc(NC(=O)c2cc[nH]c(=O)c2)cc1C(F)(F)F. The predicted octanol–water partition coefficient (Wildman–Crippen LogP) is 2.95. The third kappa shape index (κ3) is 3.50. The molecule has 7 heteroatoms. The van der Waals surface area contributed by atoms with Crippen LogP contribution in [0.3, 0.4) is 0 Å². The Morgan fingerprint density at radius 3 is 2.52 bits per heavy atom. The van der Waals surface area contributed by atoms with E-state index in [2.05, 4.69) is 10.3 Å². The van der Waals surface area contributed by atoms with Crippen LogP contribution in [0.5, 0.6) is 0 Å². The number of H-pyrrole nitrogens is 1. The van der Waals surface area contributed by atoms with Gasteiger partial charge in [0.25, 0.3) is 5.91 Å². The van der Waals surface area contributed by atoms with Crippen molar-refractivity contribution < 1.29 is 18.0 Å². The molecule has 21 heavy (non-hydrogen) atoms. The first kappa shape index (κ1) is 14.8. The van der Waals surface area contributed by atoms with Crippen molar-refractivity contribution in [2.45, 2.75) is 13.1 Å². The standard InChI is InChI=1S/C14H11F3N2O2/c1-8-2-3-10(7-11(8)14(15,16)17)19-13(21)9-4-5-18-12(20)6-9/h2-7H,1H3,(H,18,20)(H,19,21). The van der Waals surface area contributed by atoms with E-state index < -0.39 is 23.2 Å². The molecule has 2 N–H and O–H groups in total. The number of carbonyl (C=O) groups excluding carboxylic acids is 1. The van der Waals surface area contributed by atoms with E-state index in [-0.39, 0.29) is 16.8 Å². The molecule has 2 rings (SSSR count). The molecule has 4 nitrogen and oxygen atoms in total. The zero-order valence-electron chi connectivity index (χ0n) is 10.9. The van der Waals surface area contributed by atoms with Gasteiger partial charge in [-0.1, -0.05) is 6.07 Å². The van der Waals surface area contributed by atoms with E-state index in [4.69, 9.17) is 0 Å². The quantitative estimate of drug-likeness (QED) is 0.895. The van der Waals surface area contributed by atoms with Gasteiger partial charge in [0.2, 0.25) is 5.56 Å². The Morgan fingerprint density at radius 1 is 1.19 bits per heavy atom. The molecule has 0 saturated heterocycles. The third-order valence-corrected chi connectivity index (χ3v) is 2.84. The zero-order valence-corrected chi connectivity index (χ0v) is 10.9. The molecular formula is C14H11F3N2O2. The van der Waals surface area contributed by atoms with Crippen LogP contribution in [0.1, 0.15) is 21.5 Å². The summed E-state index contributed by atoms with van der Waals surface area (Å²) >= 11 is 0. The van der Waals surface area contributed by atoms with Crippen LogP contribution >= 0.6 is 0 Å². The smallest absolute Gasteiger partial charge is 0.329 e.